The SMILES string of the molecule is Cc1ccc(N2C(=O)C(=O)/C(=C(\O)c3cccc4ccccc34)C2c2ccco2)cc1C. The number of carbonyl (C=O) groups excluding carboxylic acids is 2. The molecule has 0 bridgehead atoms. The number of benzene rings is 3. The van der Waals surface area contributed by atoms with E-state index in [9.17, 15) is 14.7 Å². The lowest BCUT2D eigenvalue weighted by molar-refractivity contribution is -0.132. The van der Waals surface area contributed by atoms with Crippen molar-refractivity contribution in [1.29, 1.82) is 0 Å². The van der Waals surface area contributed by atoms with Gasteiger partial charge in [0.2, 0.25) is 0 Å². The van der Waals surface area contributed by atoms with Crippen LogP contribution in [0.4, 0.5) is 5.69 Å². The van der Waals surface area contributed by atoms with Gasteiger partial charge in [-0.25, -0.2) is 0 Å². The molecule has 5 rings (SSSR count). The second kappa shape index (κ2) is 7.54. The summed E-state index contributed by atoms with van der Waals surface area (Å²) in [6, 6.07) is 21.2. The Labute approximate surface area is 185 Å². The van der Waals surface area contributed by atoms with Gasteiger partial charge in [0.25, 0.3) is 11.7 Å². The van der Waals surface area contributed by atoms with E-state index in [1.54, 1.807) is 24.3 Å². The summed E-state index contributed by atoms with van der Waals surface area (Å²) >= 11 is 0. The zero-order valence-corrected chi connectivity index (χ0v) is 17.7. The maximum absolute atomic E-state index is 13.2. The number of Topliss-reactive ketones (excluding diaryl/α,β-unsaturated/α-hetero) is 1. The van der Waals surface area contributed by atoms with Gasteiger partial charge in [-0.2, -0.15) is 0 Å². The van der Waals surface area contributed by atoms with E-state index in [0.717, 1.165) is 21.9 Å². The summed E-state index contributed by atoms with van der Waals surface area (Å²) in [5.74, 6) is -1.25. The Bertz CT molecular complexity index is 1390. The van der Waals surface area contributed by atoms with Gasteiger partial charge in [-0.05, 0) is 60.0 Å². The highest BCUT2D eigenvalue weighted by molar-refractivity contribution is 6.51. The highest BCUT2D eigenvalue weighted by Gasteiger charge is 2.48. The van der Waals surface area contributed by atoms with Gasteiger partial charge in [0.15, 0.2) is 0 Å². The fourth-order valence-corrected chi connectivity index (χ4v) is 4.27. The van der Waals surface area contributed by atoms with E-state index >= 15 is 0 Å². The third kappa shape index (κ3) is 3.02. The second-order valence-electron chi connectivity index (χ2n) is 7.98. The largest absolute Gasteiger partial charge is 0.507 e. The molecule has 0 radical (unpaired) electrons. The molecule has 5 nitrogen and oxygen atoms in total. The van der Waals surface area contributed by atoms with E-state index in [1.807, 2.05) is 62.4 Å². The first kappa shape index (κ1) is 19.8. The number of amides is 1. The lowest BCUT2D eigenvalue weighted by Crippen LogP contribution is -2.29. The Morgan fingerprint density at radius 2 is 1.69 bits per heavy atom. The first-order valence-corrected chi connectivity index (χ1v) is 10.4. The van der Waals surface area contributed by atoms with E-state index < -0.39 is 17.7 Å². The average Bonchev–Trinajstić information content (AvgIpc) is 3.42. The number of nitrogens with zero attached hydrogens (tertiary/aromatic N) is 1. The van der Waals surface area contributed by atoms with Crippen molar-refractivity contribution >= 4 is 33.9 Å². The summed E-state index contributed by atoms with van der Waals surface area (Å²) in [6.45, 7) is 3.94. The number of aliphatic hydroxyl groups is 1. The molecule has 158 valence electrons. The minimum absolute atomic E-state index is 0.0135. The fourth-order valence-electron chi connectivity index (χ4n) is 4.27. The number of hydrogen-bond donors (Lipinski definition) is 1. The summed E-state index contributed by atoms with van der Waals surface area (Å²) in [5.41, 5.74) is 3.16. The van der Waals surface area contributed by atoms with Crippen molar-refractivity contribution < 1.29 is 19.1 Å². The Morgan fingerprint density at radius 1 is 0.906 bits per heavy atom. The normalized spacial score (nSPS) is 17.9. The Balaban J connectivity index is 1.76. The Kier molecular flexibility index (Phi) is 4.67. The predicted molar refractivity (Wildman–Crippen MR) is 123 cm³/mol. The zero-order chi connectivity index (χ0) is 22.4. The first-order chi connectivity index (χ1) is 15.5. The summed E-state index contributed by atoms with van der Waals surface area (Å²) in [5, 5.41) is 13.1. The van der Waals surface area contributed by atoms with Gasteiger partial charge >= 0.3 is 0 Å². The lowest BCUT2D eigenvalue weighted by atomic mass is 9.96. The highest BCUT2D eigenvalue weighted by Crippen LogP contribution is 2.43. The maximum atomic E-state index is 13.2. The molecular formula is C27H21NO4. The molecule has 1 aromatic heterocycles. The van der Waals surface area contributed by atoms with Crippen molar-refractivity contribution in [2.45, 2.75) is 19.9 Å². The highest BCUT2D eigenvalue weighted by atomic mass is 16.3. The van der Waals surface area contributed by atoms with Gasteiger partial charge in [-0.3, -0.25) is 14.5 Å². The summed E-state index contributed by atoms with van der Waals surface area (Å²) in [6.07, 6.45) is 1.49. The van der Waals surface area contributed by atoms with Crippen LogP contribution in [0.15, 0.2) is 89.0 Å². The van der Waals surface area contributed by atoms with Gasteiger partial charge in [0.05, 0.1) is 11.8 Å². The molecule has 1 aliphatic heterocycles. The number of carbonyl (C=O) groups is 2. The molecule has 1 unspecified atom stereocenters. The van der Waals surface area contributed by atoms with Gasteiger partial charge in [-0.1, -0.05) is 48.5 Å². The molecule has 1 fully saturated rings. The Hall–Kier alpha value is -4.12. The minimum Gasteiger partial charge on any atom is -0.507 e. The van der Waals surface area contributed by atoms with Gasteiger partial charge < -0.3 is 9.52 Å². The molecule has 1 atom stereocenters. The zero-order valence-electron chi connectivity index (χ0n) is 17.7. The van der Waals surface area contributed by atoms with Crippen LogP contribution >= 0.6 is 0 Å². The predicted octanol–water partition coefficient (Wildman–Crippen LogP) is 5.68. The number of aryl methyl sites for hydroxylation is 2. The summed E-state index contributed by atoms with van der Waals surface area (Å²) in [7, 11) is 0. The number of aliphatic hydroxyl groups excluding tert-OH is 1. The van der Waals surface area contributed by atoms with E-state index in [2.05, 4.69) is 0 Å². The lowest BCUT2D eigenvalue weighted by Gasteiger charge is -2.24. The van der Waals surface area contributed by atoms with Gasteiger partial charge in [0.1, 0.15) is 17.6 Å². The molecule has 5 heteroatoms. The van der Waals surface area contributed by atoms with Crippen molar-refractivity contribution in [2.75, 3.05) is 4.90 Å². The molecule has 1 N–H and O–H groups in total. The molecule has 1 aliphatic rings. The van der Waals surface area contributed by atoms with E-state index in [-0.39, 0.29) is 11.3 Å². The van der Waals surface area contributed by atoms with Crippen LogP contribution in [0.3, 0.4) is 0 Å². The standard InChI is InChI=1S/C27H21NO4/c1-16-12-13-19(15-17(16)2)28-24(22-11-6-14-32-22)23(26(30)27(28)31)25(29)21-10-5-8-18-7-3-4-9-20(18)21/h3-15,24,29H,1-2H3/b25-23-. The van der Waals surface area contributed by atoms with Crippen LogP contribution in [0.25, 0.3) is 16.5 Å². The maximum Gasteiger partial charge on any atom is 0.300 e. The van der Waals surface area contributed by atoms with Crippen molar-refractivity contribution in [2.24, 2.45) is 0 Å². The molecule has 3 aromatic carbocycles. The Morgan fingerprint density at radius 3 is 2.44 bits per heavy atom. The van der Waals surface area contributed by atoms with Gasteiger partial charge in [0, 0.05) is 11.3 Å². The van der Waals surface area contributed by atoms with E-state index in [0.29, 0.717) is 17.0 Å². The van der Waals surface area contributed by atoms with E-state index in [4.69, 9.17) is 4.42 Å². The van der Waals surface area contributed by atoms with E-state index in [1.165, 1.54) is 11.2 Å². The third-order valence-electron chi connectivity index (χ3n) is 6.07. The smallest absolute Gasteiger partial charge is 0.300 e. The number of rotatable bonds is 3. The van der Waals surface area contributed by atoms with Crippen LogP contribution in [0, 0.1) is 13.8 Å². The second-order valence-corrected chi connectivity index (χ2v) is 7.98. The molecule has 0 saturated carbocycles. The first-order valence-electron chi connectivity index (χ1n) is 10.4. The molecule has 0 spiro atoms. The number of hydrogen-bond acceptors (Lipinski definition) is 4. The monoisotopic (exact) mass is 423 g/mol. The minimum atomic E-state index is -0.869. The fraction of sp³-hybridized carbons (Fsp3) is 0.111. The van der Waals surface area contributed by atoms with Crippen molar-refractivity contribution in [1.82, 2.24) is 0 Å². The van der Waals surface area contributed by atoms with Crippen LogP contribution in [-0.4, -0.2) is 16.8 Å². The molecule has 2 heterocycles. The number of ketones is 1. The van der Waals surface area contributed by atoms with Crippen LogP contribution < -0.4 is 4.90 Å². The molecule has 32 heavy (non-hydrogen) atoms. The quantitative estimate of drug-likeness (QED) is 0.262. The van der Waals surface area contributed by atoms with Crippen LogP contribution in [-0.2, 0) is 9.59 Å². The summed E-state index contributed by atoms with van der Waals surface area (Å²) < 4.78 is 5.63. The molecule has 1 saturated heterocycles. The van der Waals surface area contributed by atoms with Crippen LogP contribution in [0.2, 0.25) is 0 Å². The third-order valence-corrected chi connectivity index (χ3v) is 6.07. The van der Waals surface area contributed by atoms with Crippen molar-refractivity contribution in [3.05, 3.63) is 107 Å². The number of furan rings is 1. The average molecular weight is 423 g/mol. The summed E-state index contributed by atoms with van der Waals surface area (Å²) in [4.78, 5) is 27.9. The van der Waals surface area contributed by atoms with Gasteiger partial charge in [-0.15, -0.1) is 0 Å². The molecule has 1 amide bonds. The van der Waals surface area contributed by atoms with Crippen molar-refractivity contribution in [3.8, 4) is 0 Å². The number of fused-ring (bicyclic) bond motifs is 1. The molecule has 0 aliphatic carbocycles. The number of anilines is 1. The van der Waals surface area contributed by atoms with Crippen LogP contribution in [0.1, 0.15) is 28.5 Å². The molecule has 4 aromatic rings. The topological polar surface area (TPSA) is 70.8 Å². The molecular weight excluding hydrogens is 402 g/mol. The van der Waals surface area contributed by atoms with Crippen molar-refractivity contribution in [3.63, 3.8) is 0 Å². The van der Waals surface area contributed by atoms with Crippen LogP contribution in [0.5, 0.6) is 0 Å².